The lowest BCUT2D eigenvalue weighted by atomic mass is 9.83. The average Bonchev–Trinajstić information content (AvgIpc) is 2.63. The van der Waals surface area contributed by atoms with Crippen LogP contribution in [-0.4, -0.2) is 16.2 Å². The van der Waals surface area contributed by atoms with Crippen molar-refractivity contribution in [3.05, 3.63) is 106 Å². The van der Waals surface area contributed by atoms with Crippen molar-refractivity contribution < 1.29 is 9.53 Å². The number of carbonyl (C=O) groups excluding carboxylic acids is 1. The molecule has 0 bridgehead atoms. The summed E-state index contributed by atoms with van der Waals surface area (Å²) in [5, 5.41) is 13.0. The van der Waals surface area contributed by atoms with Crippen LogP contribution in [0.1, 0.15) is 27.0 Å². The molecule has 0 radical (unpaired) electrons. The maximum atomic E-state index is 13.0. The fourth-order valence-electron chi connectivity index (χ4n) is 2.98. The summed E-state index contributed by atoms with van der Waals surface area (Å²) in [5.74, 6) is -0.0404. The van der Waals surface area contributed by atoms with Crippen molar-refractivity contribution in [3.63, 3.8) is 0 Å². The molecular weight excluding hydrogens is 286 g/mol. The van der Waals surface area contributed by atoms with Gasteiger partial charge in [0.15, 0.2) is 5.78 Å². The maximum absolute atomic E-state index is 13.0. The molecule has 0 unspecified atom stereocenters. The van der Waals surface area contributed by atoms with Gasteiger partial charge in [0.25, 0.3) is 0 Å². The van der Waals surface area contributed by atoms with Gasteiger partial charge in [0, 0.05) is 23.3 Å². The molecule has 0 spiro atoms. The third-order valence-corrected chi connectivity index (χ3v) is 4.05. The van der Waals surface area contributed by atoms with Crippen molar-refractivity contribution in [2.45, 2.75) is 0 Å². The molecule has 4 rings (SSSR count). The van der Waals surface area contributed by atoms with Crippen LogP contribution >= 0.6 is 0 Å². The molecule has 0 aromatic heterocycles. The zero-order valence-corrected chi connectivity index (χ0v) is 12.3. The highest BCUT2D eigenvalue weighted by molar-refractivity contribution is 6.28. The molecule has 1 aliphatic carbocycles. The molecule has 0 saturated heterocycles. The van der Waals surface area contributed by atoms with E-state index in [0.29, 0.717) is 33.7 Å². The lowest BCUT2D eigenvalue weighted by Gasteiger charge is -2.20. The summed E-state index contributed by atoms with van der Waals surface area (Å²) in [4.78, 5) is 12.7. The highest BCUT2D eigenvalue weighted by Crippen LogP contribution is 2.29. The molecule has 1 aliphatic rings. The first kappa shape index (κ1) is 13.5. The molecule has 0 atom stereocenters. The van der Waals surface area contributed by atoms with Crippen LogP contribution in [0.4, 0.5) is 5.69 Å². The Morgan fingerprint density at radius 2 is 1.04 bits per heavy atom. The molecule has 110 valence electrons. The quantitative estimate of drug-likeness (QED) is 0.304. The number of para-hydroxylation sites is 1. The fourth-order valence-corrected chi connectivity index (χ4v) is 2.98. The Kier molecular flexibility index (Phi) is 3.05. The Labute approximate surface area is 133 Å². The van der Waals surface area contributed by atoms with Gasteiger partial charge >= 0.3 is 0 Å². The van der Waals surface area contributed by atoms with Gasteiger partial charge in [0.1, 0.15) is 0 Å². The van der Waals surface area contributed by atoms with Gasteiger partial charge in [-0.3, -0.25) is 4.79 Å². The Bertz CT molecular complexity index is 891. The molecule has 0 N–H and O–H groups in total. The van der Waals surface area contributed by atoms with Gasteiger partial charge in [-0.2, -0.15) is 4.74 Å². The van der Waals surface area contributed by atoms with Crippen molar-refractivity contribution in [1.29, 1.82) is 0 Å². The van der Waals surface area contributed by atoms with E-state index in [1.165, 1.54) is 0 Å². The third-order valence-electron chi connectivity index (χ3n) is 4.05. The maximum Gasteiger partial charge on any atom is 0.233 e. The third kappa shape index (κ3) is 2.06. The Morgan fingerprint density at radius 3 is 1.57 bits per heavy atom. The van der Waals surface area contributed by atoms with Gasteiger partial charge in [-0.25, -0.2) is 0 Å². The molecular formula is C20H13NO2. The van der Waals surface area contributed by atoms with E-state index in [0.717, 1.165) is 4.74 Å². The number of carbonyl (C=O) groups is 1. The smallest absolute Gasteiger partial charge is 0.233 e. The van der Waals surface area contributed by atoms with Crippen molar-refractivity contribution >= 4 is 17.2 Å². The summed E-state index contributed by atoms with van der Waals surface area (Å²) >= 11 is 0. The van der Waals surface area contributed by atoms with Crippen LogP contribution in [0, 0.1) is 5.21 Å². The van der Waals surface area contributed by atoms with Gasteiger partial charge in [-0.05, 0) is 12.1 Å². The predicted octanol–water partition coefficient (Wildman–Crippen LogP) is 3.91. The van der Waals surface area contributed by atoms with E-state index >= 15 is 0 Å². The largest absolute Gasteiger partial charge is 0.618 e. The van der Waals surface area contributed by atoms with Crippen molar-refractivity contribution in [2.75, 3.05) is 0 Å². The lowest BCUT2D eigenvalue weighted by Crippen LogP contribution is -2.26. The summed E-state index contributed by atoms with van der Waals surface area (Å²) in [6.07, 6.45) is 0. The first-order valence-corrected chi connectivity index (χ1v) is 7.40. The number of benzene rings is 3. The summed E-state index contributed by atoms with van der Waals surface area (Å²) in [5.41, 5.74) is 3.55. The van der Waals surface area contributed by atoms with E-state index in [1.54, 1.807) is 24.3 Å². The van der Waals surface area contributed by atoms with Gasteiger partial charge in [-0.15, -0.1) is 0 Å². The standard InChI is InChI=1S/C20H13NO2/c22-20-17-12-6-4-10-15(17)19(16-11-5-7-13-18(16)20)21(23)14-8-2-1-3-9-14/h1-13H. The van der Waals surface area contributed by atoms with E-state index in [9.17, 15) is 10.0 Å². The monoisotopic (exact) mass is 299 g/mol. The van der Waals surface area contributed by atoms with Crippen LogP contribution in [0.5, 0.6) is 0 Å². The second-order valence-electron chi connectivity index (χ2n) is 5.40. The number of hydrogen-bond acceptors (Lipinski definition) is 2. The number of ketones is 1. The fraction of sp³-hybridized carbons (Fsp3) is 0. The number of nitrogens with zero attached hydrogens (tertiary/aromatic N) is 1. The molecule has 0 aliphatic heterocycles. The first-order valence-electron chi connectivity index (χ1n) is 7.40. The van der Waals surface area contributed by atoms with Crippen LogP contribution in [0.15, 0.2) is 78.9 Å². The molecule has 0 fully saturated rings. The Morgan fingerprint density at radius 1 is 0.609 bits per heavy atom. The highest BCUT2D eigenvalue weighted by atomic mass is 16.5. The molecule has 3 aromatic carbocycles. The molecule has 0 heterocycles. The zero-order chi connectivity index (χ0) is 15.8. The van der Waals surface area contributed by atoms with E-state index < -0.39 is 0 Å². The van der Waals surface area contributed by atoms with Crippen LogP contribution < -0.4 is 0 Å². The number of hydrogen-bond donors (Lipinski definition) is 0. The average molecular weight is 299 g/mol. The van der Waals surface area contributed by atoms with Crippen molar-refractivity contribution in [2.24, 2.45) is 0 Å². The molecule has 23 heavy (non-hydrogen) atoms. The van der Waals surface area contributed by atoms with Crippen LogP contribution in [0.3, 0.4) is 0 Å². The molecule has 3 nitrogen and oxygen atoms in total. The van der Waals surface area contributed by atoms with Crippen LogP contribution in [0.2, 0.25) is 0 Å². The van der Waals surface area contributed by atoms with Crippen LogP contribution in [0.25, 0.3) is 0 Å². The van der Waals surface area contributed by atoms with Gasteiger partial charge in [0.05, 0.1) is 11.1 Å². The Balaban J connectivity index is 2.08. The number of fused-ring (bicyclic) bond motifs is 2. The molecule has 3 heteroatoms. The SMILES string of the molecule is O=C1c2ccccc2C(=[N+]([O-])c2ccccc2)c2ccccc21. The summed E-state index contributed by atoms with van der Waals surface area (Å²) in [6.45, 7) is 0. The first-order chi connectivity index (χ1) is 11.3. The van der Waals surface area contributed by atoms with Crippen molar-refractivity contribution in [1.82, 2.24) is 0 Å². The van der Waals surface area contributed by atoms with Crippen molar-refractivity contribution in [3.8, 4) is 0 Å². The highest BCUT2D eigenvalue weighted by Gasteiger charge is 2.32. The van der Waals surface area contributed by atoms with Crippen LogP contribution in [-0.2, 0) is 0 Å². The van der Waals surface area contributed by atoms with E-state index in [4.69, 9.17) is 0 Å². The molecule has 3 aromatic rings. The van der Waals surface area contributed by atoms with E-state index in [-0.39, 0.29) is 5.78 Å². The zero-order valence-electron chi connectivity index (χ0n) is 12.3. The topological polar surface area (TPSA) is 43.1 Å². The second-order valence-corrected chi connectivity index (χ2v) is 5.40. The molecule has 0 saturated carbocycles. The summed E-state index contributed by atoms with van der Waals surface area (Å²) in [6, 6.07) is 23.6. The van der Waals surface area contributed by atoms with Gasteiger partial charge in [-0.1, -0.05) is 54.6 Å². The predicted molar refractivity (Wildman–Crippen MR) is 89.3 cm³/mol. The normalized spacial score (nSPS) is 12.5. The molecule has 0 amide bonds. The Hall–Kier alpha value is -3.20. The minimum atomic E-state index is -0.0404. The van der Waals surface area contributed by atoms with E-state index in [2.05, 4.69) is 0 Å². The van der Waals surface area contributed by atoms with Gasteiger partial charge < -0.3 is 5.21 Å². The lowest BCUT2D eigenvalue weighted by molar-refractivity contribution is -0.359. The minimum absolute atomic E-state index is 0.0404. The van der Waals surface area contributed by atoms with Gasteiger partial charge in [0.2, 0.25) is 11.4 Å². The minimum Gasteiger partial charge on any atom is -0.618 e. The summed E-state index contributed by atoms with van der Waals surface area (Å²) < 4.78 is 0.907. The second kappa shape index (κ2) is 5.21. The van der Waals surface area contributed by atoms with E-state index in [1.807, 2.05) is 54.6 Å². The number of rotatable bonds is 1. The summed E-state index contributed by atoms with van der Waals surface area (Å²) in [7, 11) is 0.